The van der Waals surface area contributed by atoms with Crippen molar-refractivity contribution in [1.82, 2.24) is 0 Å². The van der Waals surface area contributed by atoms with E-state index in [0.717, 1.165) is 0 Å². The van der Waals surface area contributed by atoms with Crippen LogP contribution in [0, 0.1) is 0 Å². The molecule has 0 saturated heterocycles. The molecule has 0 N–H and O–H groups in total. The Bertz CT molecular complexity index is 197. The van der Waals surface area contributed by atoms with E-state index in [1.165, 1.54) is 4.12 Å². The van der Waals surface area contributed by atoms with Gasteiger partial charge >= 0.3 is 72.7 Å². The average Bonchev–Trinajstić information content (AvgIpc) is 2.09. The van der Waals surface area contributed by atoms with Crippen LogP contribution in [0.25, 0.3) is 0 Å². The summed E-state index contributed by atoms with van der Waals surface area (Å²) >= 11 is -2.01. The van der Waals surface area contributed by atoms with Crippen molar-refractivity contribution in [2.45, 2.75) is 0 Å². The van der Waals surface area contributed by atoms with Crippen molar-refractivity contribution in [3.05, 3.63) is 30.3 Å². The Kier molecular flexibility index (Phi) is 3.72. The molecule has 0 bridgehead atoms. The van der Waals surface area contributed by atoms with E-state index in [1.807, 2.05) is 18.2 Å². The van der Waals surface area contributed by atoms with Crippen LogP contribution in [0.4, 0.5) is 0 Å². The van der Waals surface area contributed by atoms with Crippen molar-refractivity contribution < 1.29 is 7.06 Å². The predicted molar refractivity (Wildman–Crippen MR) is 45.8 cm³/mol. The molecule has 0 heterocycles. The van der Waals surface area contributed by atoms with Crippen molar-refractivity contribution in [2.75, 3.05) is 14.2 Å². The SMILES string of the molecule is C[O][Ga]([O]C)[c]1ccccc1. The maximum absolute atomic E-state index is 5.25. The normalized spacial score (nSPS) is 9.64. The van der Waals surface area contributed by atoms with Crippen LogP contribution < -0.4 is 4.12 Å². The minimum absolute atomic E-state index is 1.23. The predicted octanol–water partition coefficient (Wildman–Crippen LogP) is 0.675. The molecule has 3 heteroatoms. The third-order valence-corrected chi connectivity index (χ3v) is 5.25. The Hall–Kier alpha value is -0.224. The Morgan fingerprint density at radius 2 is 1.55 bits per heavy atom. The second kappa shape index (κ2) is 4.61. The summed E-state index contributed by atoms with van der Waals surface area (Å²) in [5, 5.41) is 0. The molecule has 0 amide bonds. The summed E-state index contributed by atoms with van der Waals surface area (Å²) < 4.78 is 11.7. The van der Waals surface area contributed by atoms with Crippen LogP contribution >= 0.6 is 0 Å². The Morgan fingerprint density at radius 1 is 1.00 bits per heavy atom. The Balaban J connectivity index is 2.74. The first kappa shape index (κ1) is 8.87. The van der Waals surface area contributed by atoms with Gasteiger partial charge in [-0.1, -0.05) is 0 Å². The van der Waals surface area contributed by atoms with E-state index in [0.29, 0.717) is 0 Å². The molecule has 0 spiro atoms. The van der Waals surface area contributed by atoms with Crippen molar-refractivity contribution in [1.29, 1.82) is 0 Å². The molecule has 1 aromatic rings. The molecule has 0 aliphatic carbocycles. The fourth-order valence-electron chi connectivity index (χ4n) is 0.979. The van der Waals surface area contributed by atoms with E-state index in [4.69, 9.17) is 7.06 Å². The van der Waals surface area contributed by atoms with Gasteiger partial charge in [-0.05, 0) is 0 Å². The van der Waals surface area contributed by atoms with Crippen LogP contribution in [-0.2, 0) is 7.06 Å². The van der Waals surface area contributed by atoms with Crippen LogP contribution in [0.1, 0.15) is 0 Å². The molecule has 0 radical (unpaired) electrons. The fourth-order valence-corrected chi connectivity index (χ4v) is 3.65. The topological polar surface area (TPSA) is 18.5 Å². The van der Waals surface area contributed by atoms with Gasteiger partial charge in [-0.3, -0.25) is 0 Å². The second-order valence-electron chi connectivity index (χ2n) is 2.21. The van der Waals surface area contributed by atoms with Gasteiger partial charge in [0.05, 0.1) is 0 Å². The first-order valence-corrected chi connectivity index (χ1v) is 6.68. The summed E-state index contributed by atoms with van der Waals surface area (Å²) in [6.45, 7) is 0. The number of rotatable bonds is 3. The molecule has 1 rings (SSSR count). The molecule has 0 atom stereocenters. The molecule has 0 unspecified atom stereocenters. The Morgan fingerprint density at radius 3 is 2.00 bits per heavy atom. The molecular formula is C8H11GaO2. The molecule has 0 aromatic heterocycles. The van der Waals surface area contributed by atoms with Gasteiger partial charge in [0.25, 0.3) is 0 Å². The minimum atomic E-state index is -2.01. The summed E-state index contributed by atoms with van der Waals surface area (Å²) in [7, 11) is 3.42. The van der Waals surface area contributed by atoms with Crippen molar-refractivity contribution in [3.63, 3.8) is 0 Å². The molecule has 58 valence electrons. The summed E-state index contributed by atoms with van der Waals surface area (Å²) in [5.41, 5.74) is 0. The van der Waals surface area contributed by atoms with E-state index in [9.17, 15) is 0 Å². The van der Waals surface area contributed by atoms with Crippen molar-refractivity contribution in [3.8, 4) is 0 Å². The van der Waals surface area contributed by atoms with E-state index >= 15 is 0 Å². The first-order valence-electron chi connectivity index (χ1n) is 3.49. The molecule has 2 nitrogen and oxygen atoms in total. The molecule has 0 aliphatic heterocycles. The third-order valence-electron chi connectivity index (χ3n) is 1.50. The van der Waals surface area contributed by atoms with Crippen LogP contribution in [0.2, 0.25) is 0 Å². The van der Waals surface area contributed by atoms with E-state index in [-0.39, 0.29) is 0 Å². The summed E-state index contributed by atoms with van der Waals surface area (Å²) in [6, 6.07) is 10.1. The number of benzene rings is 1. The van der Waals surface area contributed by atoms with Crippen molar-refractivity contribution >= 4 is 21.1 Å². The van der Waals surface area contributed by atoms with E-state index < -0.39 is 16.9 Å². The first-order chi connectivity index (χ1) is 5.38. The van der Waals surface area contributed by atoms with Gasteiger partial charge in [0.2, 0.25) is 0 Å². The van der Waals surface area contributed by atoms with E-state index in [2.05, 4.69) is 12.1 Å². The molecular weight excluding hydrogens is 198 g/mol. The maximum atomic E-state index is 5.25. The molecule has 0 saturated carbocycles. The fraction of sp³-hybridized carbons (Fsp3) is 0.250. The standard InChI is InChI=1S/C6H5.2CH3O.Ga/c1-2-4-6-5-3-1;2*1-2;/h1-5H;2*1H3;/q;2*-1;+2. The number of hydrogen-bond acceptors (Lipinski definition) is 2. The van der Waals surface area contributed by atoms with Crippen LogP contribution in [0.3, 0.4) is 0 Å². The van der Waals surface area contributed by atoms with Gasteiger partial charge in [0.1, 0.15) is 0 Å². The zero-order valence-electron chi connectivity index (χ0n) is 6.78. The zero-order chi connectivity index (χ0) is 8.10. The van der Waals surface area contributed by atoms with Gasteiger partial charge in [0.15, 0.2) is 0 Å². The molecule has 1 aromatic carbocycles. The monoisotopic (exact) mass is 208 g/mol. The van der Waals surface area contributed by atoms with Gasteiger partial charge < -0.3 is 0 Å². The third kappa shape index (κ3) is 2.38. The van der Waals surface area contributed by atoms with Gasteiger partial charge in [-0.2, -0.15) is 0 Å². The average molecular weight is 209 g/mol. The zero-order valence-corrected chi connectivity index (χ0v) is 9.20. The summed E-state index contributed by atoms with van der Waals surface area (Å²) in [4.78, 5) is 0. The van der Waals surface area contributed by atoms with Crippen molar-refractivity contribution in [2.24, 2.45) is 0 Å². The summed E-state index contributed by atoms with van der Waals surface area (Å²) in [5.74, 6) is 0. The molecule has 0 fully saturated rings. The molecule has 11 heavy (non-hydrogen) atoms. The second-order valence-corrected chi connectivity index (χ2v) is 6.98. The molecule has 0 aliphatic rings. The van der Waals surface area contributed by atoms with Crippen LogP contribution in [0.15, 0.2) is 30.3 Å². The van der Waals surface area contributed by atoms with E-state index in [1.54, 1.807) is 14.2 Å². The van der Waals surface area contributed by atoms with Gasteiger partial charge in [0, 0.05) is 0 Å². The number of hydrogen-bond donors (Lipinski definition) is 0. The van der Waals surface area contributed by atoms with Gasteiger partial charge in [-0.25, -0.2) is 0 Å². The summed E-state index contributed by atoms with van der Waals surface area (Å²) in [6.07, 6.45) is 0. The Labute approximate surface area is 73.0 Å². The van der Waals surface area contributed by atoms with Crippen LogP contribution in [-0.4, -0.2) is 31.2 Å². The van der Waals surface area contributed by atoms with Gasteiger partial charge in [-0.15, -0.1) is 0 Å². The quantitative estimate of drug-likeness (QED) is 0.681. The van der Waals surface area contributed by atoms with Crippen LogP contribution in [0.5, 0.6) is 0 Å².